The third-order valence-electron chi connectivity index (χ3n) is 11.6. The van der Waals surface area contributed by atoms with E-state index in [4.69, 9.17) is 48.5 Å². The van der Waals surface area contributed by atoms with E-state index in [0.717, 1.165) is 32.0 Å². The molecule has 8 rings (SSSR count). The molecule has 3 saturated heterocycles. The van der Waals surface area contributed by atoms with Crippen LogP contribution in [0, 0.1) is 5.92 Å². The van der Waals surface area contributed by atoms with Crippen LogP contribution in [0.1, 0.15) is 25.1 Å². The number of rotatable bonds is 21. The van der Waals surface area contributed by atoms with Crippen LogP contribution in [0.3, 0.4) is 0 Å². The topological polar surface area (TPSA) is 530 Å². The zero-order chi connectivity index (χ0) is 53.8. The van der Waals surface area contributed by atoms with Crippen molar-refractivity contribution in [2.24, 2.45) is 13.0 Å². The molecule has 5 aromatic heterocycles. The fourth-order valence-corrected chi connectivity index (χ4v) is 12.8. The Labute approximate surface area is 411 Å². The molecule has 13 N–H and O–H groups in total. The lowest BCUT2D eigenvalue weighted by atomic mass is 9.95. The first-order valence-electron chi connectivity index (χ1n) is 21.2. The summed E-state index contributed by atoms with van der Waals surface area (Å²) in [6.45, 7) is -3.91. The standard InChI is InChI=1S/C33H46N12O25P4/c1-42-12-45(27-19(42)28(51)41-32(35)40-27)29-20(48)13(4-6-46)14(65-29)7-63-72(55,56)69-74(59,60)70-73(57,58)64-9-16-23(24(61-2)31(67-16)44-11-38-18-25(34)36-10-37-26(18)44)68-71(53,54)62-8-15-21(49)22(50)30(66-15)43-5-3-17(47)39-33(43)52/h3,5,10-16,20-24,29-31,46,48-50H,4,6-9H2,1-2H3,(H9-,34,35,36,37,39,40,41,47,51,52,53,54,55,56,57,58,59,60)/t13-,14-,15-,16-,20-,21-,22-,23-,24-,29-,30-,31-/m1/s1. The number of fused-ring (bicyclic) bond motifs is 2. The van der Waals surface area contributed by atoms with E-state index in [0.29, 0.717) is 4.57 Å². The van der Waals surface area contributed by atoms with Gasteiger partial charge in [-0.05, 0) is 6.42 Å². The SMILES string of the molecule is CO[C@@H]1[C@H](OP(=O)([O-])OC[C@H]2O[C@@H](n3ccc(=O)[nH]c3=O)[C@H](O)[C@@H]2O)[C@@H](COP(=O)(O)OP(=O)(O)OP(=O)(O)OC[C@H]2O[C@@H]([n+]3cn(C)c4c(=O)[nH]c(N)nc43)[C@H](O)[C@@H]2CCO)O[C@H]1n1cnc2c(N)ncnc21. The number of aliphatic hydroxyl groups is 4. The van der Waals surface area contributed by atoms with Gasteiger partial charge in [0.15, 0.2) is 30.2 Å². The van der Waals surface area contributed by atoms with E-state index in [1.165, 1.54) is 27.1 Å². The van der Waals surface area contributed by atoms with Crippen molar-refractivity contribution in [1.29, 1.82) is 0 Å². The number of nitrogen functional groups attached to an aromatic ring is 2. The number of aliphatic hydroxyl groups excluding tert-OH is 4. The van der Waals surface area contributed by atoms with Crippen LogP contribution in [0.15, 0.2) is 45.6 Å². The average Bonchev–Trinajstić information content (AvgIpc) is 4.10. The van der Waals surface area contributed by atoms with Gasteiger partial charge in [-0.15, -0.1) is 0 Å². The molecule has 37 nitrogen and oxygen atoms in total. The van der Waals surface area contributed by atoms with Crippen molar-refractivity contribution in [3.63, 3.8) is 0 Å². The molecule has 408 valence electrons. The van der Waals surface area contributed by atoms with Crippen LogP contribution < -0.4 is 37.7 Å². The lowest BCUT2D eigenvalue weighted by Gasteiger charge is -2.31. The molecule has 74 heavy (non-hydrogen) atoms. The highest BCUT2D eigenvalue weighted by molar-refractivity contribution is 7.66. The first-order chi connectivity index (χ1) is 34.7. The summed E-state index contributed by atoms with van der Waals surface area (Å²) < 4.78 is 108. The lowest BCUT2D eigenvalue weighted by molar-refractivity contribution is -0.745. The molecule has 0 aliphatic carbocycles. The second-order valence-electron chi connectivity index (χ2n) is 16.4. The van der Waals surface area contributed by atoms with Gasteiger partial charge in [-0.2, -0.15) is 8.62 Å². The molecule has 8 heterocycles. The number of phosphoric ester groups is 3. The first-order valence-corrected chi connectivity index (χ1v) is 27.2. The summed E-state index contributed by atoms with van der Waals surface area (Å²) in [5.74, 6) is -1.46. The van der Waals surface area contributed by atoms with Crippen molar-refractivity contribution in [3.05, 3.63) is 62.4 Å². The summed E-state index contributed by atoms with van der Waals surface area (Å²) in [5.41, 5.74) is 9.13. The maximum Gasteiger partial charge on any atom is 0.490 e. The number of ether oxygens (including phenoxy) is 4. The van der Waals surface area contributed by atoms with Crippen LogP contribution in [-0.2, 0) is 71.0 Å². The largest absolute Gasteiger partial charge is 0.756 e. The van der Waals surface area contributed by atoms with Gasteiger partial charge >= 0.3 is 34.8 Å². The second kappa shape index (κ2) is 21.4. The summed E-state index contributed by atoms with van der Waals surface area (Å²) in [7, 11) is -21.2. The number of aromatic nitrogens is 10. The Kier molecular flexibility index (Phi) is 16.1. The van der Waals surface area contributed by atoms with E-state index in [2.05, 4.69) is 33.5 Å². The van der Waals surface area contributed by atoms with Crippen LogP contribution in [0.25, 0.3) is 22.3 Å². The van der Waals surface area contributed by atoms with Gasteiger partial charge in [0.2, 0.25) is 11.7 Å². The number of hydrogen-bond acceptors (Lipinski definition) is 28. The molecule has 0 bridgehead atoms. The molecule has 0 spiro atoms. The Morgan fingerprint density at radius 3 is 2.15 bits per heavy atom. The third kappa shape index (κ3) is 11.7. The minimum Gasteiger partial charge on any atom is -0.756 e. The molecule has 0 amide bonds. The predicted octanol–water partition coefficient (Wildman–Crippen LogP) is -4.87. The number of aromatic amines is 2. The van der Waals surface area contributed by atoms with Crippen molar-refractivity contribution in [2.75, 3.05) is 45.0 Å². The third-order valence-corrected chi connectivity index (χ3v) is 16.8. The number of H-pyrrole nitrogens is 2. The first kappa shape index (κ1) is 55.6. The number of aryl methyl sites for hydroxylation is 1. The Bertz CT molecular complexity index is 3260. The van der Waals surface area contributed by atoms with Crippen LogP contribution in [0.2, 0.25) is 0 Å². The second-order valence-corrected chi connectivity index (χ2v) is 22.4. The van der Waals surface area contributed by atoms with E-state index in [-0.39, 0.29) is 40.5 Å². The zero-order valence-electron chi connectivity index (χ0n) is 37.9. The van der Waals surface area contributed by atoms with Crippen molar-refractivity contribution < 1.29 is 108 Å². The van der Waals surface area contributed by atoms with Crippen molar-refractivity contribution in [1.82, 2.24) is 43.6 Å². The Hall–Kier alpha value is -4.62. The van der Waals surface area contributed by atoms with Gasteiger partial charge in [-0.25, -0.2) is 38.0 Å². The van der Waals surface area contributed by atoms with E-state index < -0.39 is 148 Å². The number of nitrogens with one attached hydrogen (secondary N) is 2. The fourth-order valence-electron chi connectivity index (χ4n) is 8.37. The normalized spacial score (nSPS) is 30.6. The summed E-state index contributed by atoms with van der Waals surface area (Å²) in [6.07, 6.45) is -14.0. The Morgan fingerprint density at radius 2 is 1.49 bits per heavy atom. The van der Waals surface area contributed by atoms with Crippen molar-refractivity contribution in [3.8, 4) is 0 Å². The van der Waals surface area contributed by atoms with Crippen LogP contribution in [0.5, 0.6) is 0 Å². The van der Waals surface area contributed by atoms with Gasteiger partial charge < -0.3 is 79.5 Å². The average molecular weight is 1130 g/mol. The number of phosphoric acid groups is 4. The molecular formula is C33H46N12O25P4. The van der Waals surface area contributed by atoms with Gasteiger partial charge in [0.1, 0.15) is 54.6 Å². The van der Waals surface area contributed by atoms with Crippen molar-refractivity contribution >= 4 is 65.4 Å². The number of methoxy groups -OCH3 is 1. The fraction of sp³-hybridized carbons (Fsp3) is 0.576. The van der Waals surface area contributed by atoms with E-state index in [1.54, 1.807) is 0 Å². The quantitative estimate of drug-likeness (QED) is 0.0242. The maximum atomic E-state index is 13.5. The monoisotopic (exact) mass is 1130 g/mol. The highest BCUT2D eigenvalue weighted by Gasteiger charge is 2.53. The molecule has 0 radical (unpaired) electrons. The summed E-state index contributed by atoms with van der Waals surface area (Å²) in [6, 6.07) is 0.913. The molecule has 3 fully saturated rings. The molecule has 3 aliphatic rings. The van der Waals surface area contributed by atoms with Gasteiger partial charge in [0, 0.05) is 31.9 Å². The summed E-state index contributed by atoms with van der Waals surface area (Å²) >= 11 is 0. The molecule has 4 unspecified atom stereocenters. The summed E-state index contributed by atoms with van der Waals surface area (Å²) in [4.78, 5) is 102. The molecule has 41 heteroatoms. The van der Waals surface area contributed by atoms with Crippen LogP contribution in [-0.4, -0.2) is 161 Å². The van der Waals surface area contributed by atoms with Crippen LogP contribution >= 0.6 is 31.3 Å². The lowest BCUT2D eigenvalue weighted by Crippen LogP contribution is -2.45. The molecule has 3 aliphatic heterocycles. The van der Waals surface area contributed by atoms with Gasteiger partial charge in [-0.3, -0.25) is 46.9 Å². The molecule has 0 aromatic carbocycles. The number of imidazole rings is 2. The highest BCUT2D eigenvalue weighted by atomic mass is 31.3. The number of nitrogens with zero attached hydrogens (tertiary/aromatic N) is 8. The van der Waals surface area contributed by atoms with Gasteiger partial charge in [0.25, 0.3) is 24.9 Å². The van der Waals surface area contributed by atoms with E-state index in [9.17, 15) is 72.6 Å². The van der Waals surface area contributed by atoms with E-state index >= 15 is 0 Å². The molecular weight excluding hydrogens is 1090 g/mol. The maximum absolute atomic E-state index is 13.5. The molecule has 0 saturated carbocycles. The van der Waals surface area contributed by atoms with Crippen LogP contribution in [0.4, 0.5) is 11.8 Å². The Morgan fingerprint density at radius 1 is 0.824 bits per heavy atom. The number of hydrogen-bond donors (Lipinski definition) is 11. The van der Waals surface area contributed by atoms with Gasteiger partial charge in [-0.1, -0.05) is 4.98 Å². The minimum absolute atomic E-state index is 0.0116. The molecule has 16 atom stereocenters. The number of anilines is 2. The predicted molar refractivity (Wildman–Crippen MR) is 235 cm³/mol. The zero-order valence-corrected chi connectivity index (χ0v) is 41.4. The minimum atomic E-state index is -6.20. The summed E-state index contributed by atoms with van der Waals surface area (Å²) in [5, 5.41) is 42.1. The molecule has 5 aromatic rings. The Balaban J connectivity index is 0.939. The van der Waals surface area contributed by atoms with Gasteiger partial charge in [0.05, 0.1) is 39.3 Å². The number of nitrogens with two attached hydrogens (primary N) is 2. The smallest absolute Gasteiger partial charge is 0.490 e. The van der Waals surface area contributed by atoms with Crippen molar-refractivity contribution in [2.45, 2.75) is 73.9 Å². The van der Waals surface area contributed by atoms with E-state index in [1.807, 2.05) is 4.98 Å². The highest BCUT2D eigenvalue weighted by Crippen LogP contribution is 2.68.